The van der Waals surface area contributed by atoms with Crippen LogP contribution in [0.25, 0.3) is 0 Å². The molecule has 0 aliphatic heterocycles. The molecule has 0 aliphatic carbocycles. The van der Waals surface area contributed by atoms with E-state index in [0.29, 0.717) is 11.3 Å². The molecule has 6 nitrogen and oxygen atoms in total. The van der Waals surface area contributed by atoms with E-state index in [0.717, 1.165) is 11.3 Å². The third-order valence-corrected chi connectivity index (χ3v) is 3.20. The van der Waals surface area contributed by atoms with Crippen LogP contribution in [0.3, 0.4) is 0 Å². The molecule has 24 heavy (non-hydrogen) atoms. The van der Waals surface area contributed by atoms with E-state index in [2.05, 4.69) is 10.5 Å². The molecule has 0 aliphatic rings. The van der Waals surface area contributed by atoms with Crippen molar-refractivity contribution < 1.29 is 9.63 Å². The van der Waals surface area contributed by atoms with E-state index >= 15 is 0 Å². The Kier molecular flexibility index (Phi) is 5.92. The minimum Gasteiger partial charge on any atom is -0.386 e. The molecule has 1 amide bonds. The van der Waals surface area contributed by atoms with Crippen molar-refractivity contribution in [3.63, 3.8) is 0 Å². The molecule has 0 saturated carbocycles. The zero-order valence-corrected chi connectivity index (χ0v) is 13.6. The van der Waals surface area contributed by atoms with Gasteiger partial charge in [0, 0.05) is 19.8 Å². The van der Waals surface area contributed by atoms with E-state index in [1.807, 2.05) is 49.3 Å². The van der Waals surface area contributed by atoms with Crippen molar-refractivity contribution in [2.75, 3.05) is 30.9 Å². The van der Waals surface area contributed by atoms with Crippen LogP contribution in [0.15, 0.2) is 53.7 Å². The molecule has 2 aromatic carbocycles. The van der Waals surface area contributed by atoms with Crippen LogP contribution < -0.4 is 10.2 Å². The van der Waals surface area contributed by atoms with Crippen LogP contribution in [0.5, 0.6) is 0 Å². The van der Waals surface area contributed by atoms with Gasteiger partial charge in [0.2, 0.25) is 0 Å². The number of hydrogen-bond acceptors (Lipinski definition) is 5. The van der Waals surface area contributed by atoms with E-state index in [1.54, 1.807) is 24.3 Å². The number of nitrogens with zero attached hydrogens (tertiary/aromatic N) is 3. The Balaban J connectivity index is 1.83. The van der Waals surface area contributed by atoms with Crippen LogP contribution in [0, 0.1) is 11.3 Å². The minimum absolute atomic E-state index is 0.230. The van der Waals surface area contributed by atoms with Crippen molar-refractivity contribution in [2.45, 2.75) is 0 Å². The molecule has 0 atom stereocenters. The maximum Gasteiger partial charge on any atom is 0.265 e. The first-order valence-electron chi connectivity index (χ1n) is 7.32. The topological polar surface area (TPSA) is 77.7 Å². The van der Waals surface area contributed by atoms with Gasteiger partial charge in [0.15, 0.2) is 6.61 Å². The van der Waals surface area contributed by atoms with E-state index in [-0.39, 0.29) is 12.5 Å². The summed E-state index contributed by atoms with van der Waals surface area (Å²) in [6.45, 7) is -0.230. The SMILES string of the molecule is CN(C)c1ccc(C=NOCC(=O)Nc2ccccc2C#N)cc1. The van der Waals surface area contributed by atoms with Gasteiger partial charge in [-0.15, -0.1) is 0 Å². The second kappa shape index (κ2) is 8.34. The van der Waals surface area contributed by atoms with Gasteiger partial charge in [-0.1, -0.05) is 29.4 Å². The fraction of sp³-hybridized carbons (Fsp3) is 0.167. The largest absolute Gasteiger partial charge is 0.386 e. The smallest absolute Gasteiger partial charge is 0.265 e. The summed E-state index contributed by atoms with van der Waals surface area (Å²) in [6, 6.07) is 16.5. The van der Waals surface area contributed by atoms with Gasteiger partial charge >= 0.3 is 0 Å². The number of amides is 1. The summed E-state index contributed by atoms with van der Waals surface area (Å²) in [5.74, 6) is -0.377. The van der Waals surface area contributed by atoms with Crippen molar-refractivity contribution in [1.82, 2.24) is 0 Å². The Hall–Kier alpha value is -3.33. The summed E-state index contributed by atoms with van der Waals surface area (Å²) in [7, 11) is 3.94. The van der Waals surface area contributed by atoms with Crippen LogP contribution in [0.2, 0.25) is 0 Å². The lowest BCUT2D eigenvalue weighted by Gasteiger charge is -2.11. The highest BCUT2D eigenvalue weighted by Crippen LogP contribution is 2.13. The monoisotopic (exact) mass is 322 g/mol. The van der Waals surface area contributed by atoms with Crippen LogP contribution in [0.1, 0.15) is 11.1 Å². The molecule has 122 valence electrons. The Bertz CT molecular complexity index is 761. The van der Waals surface area contributed by atoms with Gasteiger partial charge in [-0.3, -0.25) is 4.79 Å². The van der Waals surface area contributed by atoms with E-state index in [4.69, 9.17) is 10.1 Å². The van der Waals surface area contributed by atoms with Gasteiger partial charge in [-0.2, -0.15) is 5.26 Å². The molecule has 0 fully saturated rings. The number of carbonyl (C=O) groups is 1. The molecular weight excluding hydrogens is 304 g/mol. The van der Waals surface area contributed by atoms with Gasteiger partial charge < -0.3 is 15.1 Å². The fourth-order valence-electron chi connectivity index (χ4n) is 1.93. The third kappa shape index (κ3) is 4.85. The van der Waals surface area contributed by atoms with Crippen LogP contribution in [-0.4, -0.2) is 32.8 Å². The van der Waals surface area contributed by atoms with Crippen molar-refractivity contribution in [2.24, 2.45) is 5.16 Å². The number of anilines is 2. The predicted molar refractivity (Wildman–Crippen MR) is 94.1 cm³/mol. The number of nitriles is 1. The molecule has 0 bridgehead atoms. The first kappa shape index (κ1) is 17.0. The molecule has 0 radical (unpaired) electrons. The lowest BCUT2D eigenvalue weighted by Crippen LogP contribution is -2.17. The second-order valence-corrected chi connectivity index (χ2v) is 5.20. The van der Waals surface area contributed by atoms with Gasteiger partial charge in [0.05, 0.1) is 17.5 Å². The molecule has 0 saturated heterocycles. The van der Waals surface area contributed by atoms with Gasteiger partial charge in [-0.05, 0) is 29.8 Å². The van der Waals surface area contributed by atoms with E-state index < -0.39 is 0 Å². The Labute approximate surface area is 141 Å². The van der Waals surface area contributed by atoms with Crippen LogP contribution in [-0.2, 0) is 9.63 Å². The van der Waals surface area contributed by atoms with Crippen LogP contribution in [0.4, 0.5) is 11.4 Å². The normalized spacial score (nSPS) is 10.2. The number of oxime groups is 1. The number of hydrogen-bond donors (Lipinski definition) is 1. The quantitative estimate of drug-likeness (QED) is 0.655. The van der Waals surface area contributed by atoms with Crippen molar-refractivity contribution >= 4 is 23.5 Å². The van der Waals surface area contributed by atoms with Crippen molar-refractivity contribution in [1.29, 1.82) is 5.26 Å². The highest BCUT2D eigenvalue weighted by Gasteiger charge is 2.06. The maximum absolute atomic E-state index is 11.8. The summed E-state index contributed by atoms with van der Waals surface area (Å²) in [4.78, 5) is 18.8. The Morgan fingerprint density at radius 1 is 1.25 bits per heavy atom. The van der Waals surface area contributed by atoms with E-state index in [9.17, 15) is 4.79 Å². The van der Waals surface area contributed by atoms with Crippen molar-refractivity contribution in [3.05, 3.63) is 59.7 Å². The highest BCUT2D eigenvalue weighted by atomic mass is 16.6. The van der Waals surface area contributed by atoms with E-state index in [1.165, 1.54) is 6.21 Å². The van der Waals surface area contributed by atoms with Gasteiger partial charge in [0.1, 0.15) is 6.07 Å². The molecular formula is C18H18N4O2. The van der Waals surface area contributed by atoms with Crippen molar-refractivity contribution in [3.8, 4) is 6.07 Å². The predicted octanol–water partition coefficient (Wildman–Crippen LogP) is 2.61. The van der Waals surface area contributed by atoms with Gasteiger partial charge in [0.25, 0.3) is 5.91 Å². The molecule has 0 spiro atoms. The summed E-state index contributed by atoms with van der Waals surface area (Å²) in [6.07, 6.45) is 1.54. The molecule has 0 unspecified atom stereocenters. The van der Waals surface area contributed by atoms with Gasteiger partial charge in [-0.25, -0.2) is 0 Å². The first-order chi connectivity index (χ1) is 11.6. The minimum atomic E-state index is -0.377. The zero-order valence-electron chi connectivity index (χ0n) is 13.6. The maximum atomic E-state index is 11.8. The Morgan fingerprint density at radius 3 is 2.62 bits per heavy atom. The standard InChI is InChI=1S/C18H18N4O2/c1-22(2)16-9-7-14(8-10-16)12-20-24-13-18(23)21-17-6-4-3-5-15(17)11-19/h3-10,12H,13H2,1-2H3,(H,21,23). The van der Waals surface area contributed by atoms with Crippen LogP contribution >= 0.6 is 0 Å². The number of benzene rings is 2. The summed E-state index contributed by atoms with van der Waals surface area (Å²) < 4.78 is 0. The lowest BCUT2D eigenvalue weighted by molar-refractivity contribution is -0.120. The molecule has 2 aromatic rings. The average Bonchev–Trinajstić information content (AvgIpc) is 2.59. The number of carbonyl (C=O) groups excluding carboxylic acids is 1. The lowest BCUT2D eigenvalue weighted by atomic mass is 10.2. The third-order valence-electron chi connectivity index (χ3n) is 3.20. The Morgan fingerprint density at radius 2 is 1.96 bits per heavy atom. The number of nitrogens with one attached hydrogen (secondary N) is 1. The summed E-state index contributed by atoms with van der Waals surface area (Å²) in [5, 5.41) is 15.4. The number of para-hydroxylation sites is 1. The molecule has 6 heteroatoms. The zero-order chi connectivity index (χ0) is 17.4. The highest BCUT2D eigenvalue weighted by molar-refractivity contribution is 5.93. The number of rotatable bonds is 6. The molecule has 0 heterocycles. The molecule has 1 N–H and O–H groups in total. The molecule has 2 rings (SSSR count). The summed E-state index contributed by atoms with van der Waals surface area (Å²) >= 11 is 0. The summed E-state index contributed by atoms with van der Waals surface area (Å²) in [5.41, 5.74) is 2.81. The molecule has 0 aromatic heterocycles. The average molecular weight is 322 g/mol. The second-order valence-electron chi connectivity index (χ2n) is 5.20. The fourth-order valence-corrected chi connectivity index (χ4v) is 1.93. The first-order valence-corrected chi connectivity index (χ1v) is 7.32.